The molecule has 0 fully saturated rings. The van der Waals surface area contributed by atoms with Crippen LogP contribution in [0.25, 0.3) is 11.1 Å². The van der Waals surface area contributed by atoms with E-state index in [4.69, 9.17) is 11.0 Å². The van der Waals surface area contributed by atoms with Crippen LogP contribution < -0.4 is 5.73 Å². The molecule has 1 heterocycles. The Morgan fingerprint density at radius 2 is 1.85 bits per heavy atom. The van der Waals surface area contributed by atoms with Crippen molar-refractivity contribution in [2.24, 2.45) is 5.73 Å². The van der Waals surface area contributed by atoms with Crippen LogP contribution in [0, 0.1) is 11.3 Å². The van der Waals surface area contributed by atoms with E-state index in [0.29, 0.717) is 11.3 Å². The molecule has 0 aliphatic carbocycles. The fraction of sp³-hybridized carbons (Fsp3) is 0.200. The van der Waals surface area contributed by atoms with Crippen LogP contribution in [0.1, 0.15) is 17.4 Å². The number of nitrogens with zero attached hydrogens (tertiary/aromatic N) is 2. The summed E-state index contributed by atoms with van der Waals surface area (Å²) in [6, 6.07) is 11.5. The van der Waals surface area contributed by atoms with Crippen molar-refractivity contribution in [1.29, 1.82) is 5.26 Å². The van der Waals surface area contributed by atoms with Gasteiger partial charge in [0.05, 0.1) is 12.1 Å². The third-order valence-electron chi connectivity index (χ3n) is 3.05. The molecule has 0 amide bonds. The summed E-state index contributed by atoms with van der Waals surface area (Å²) in [4.78, 5) is 3.99. The second-order valence-corrected chi connectivity index (χ2v) is 4.43. The maximum atomic E-state index is 12.4. The zero-order chi connectivity index (χ0) is 14.5. The van der Waals surface area contributed by atoms with Gasteiger partial charge in [0.15, 0.2) is 0 Å². The smallest absolute Gasteiger partial charge is 0.140 e. The average Bonchev–Trinajstić information content (AvgIpc) is 2.53. The Morgan fingerprint density at radius 1 is 1.20 bits per heavy atom. The molecule has 0 aliphatic rings. The SMILES string of the molecule is N#Cc1ccc(-c2ccc(C(O)C(N)CF)cc2)cn1. The first-order valence-corrected chi connectivity index (χ1v) is 6.12. The molecule has 0 spiro atoms. The van der Waals surface area contributed by atoms with E-state index < -0.39 is 18.8 Å². The van der Waals surface area contributed by atoms with E-state index in [0.717, 1.165) is 11.1 Å². The van der Waals surface area contributed by atoms with E-state index in [2.05, 4.69) is 4.98 Å². The molecule has 2 atom stereocenters. The quantitative estimate of drug-likeness (QED) is 0.890. The fourth-order valence-corrected chi connectivity index (χ4v) is 1.84. The maximum Gasteiger partial charge on any atom is 0.140 e. The minimum absolute atomic E-state index is 0.356. The molecule has 4 nitrogen and oxygen atoms in total. The van der Waals surface area contributed by atoms with Gasteiger partial charge in [-0.2, -0.15) is 5.26 Å². The first kappa shape index (κ1) is 14.1. The molecule has 0 bridgehead atoms. The van der Waals surface area contributed by atoms with Gasteiger partial charge in [-0.05, 0) is 23.3 Å². The Hall–Kier alpha value is -2.29. The topological polar surface area (TPSA) is 82.9 Å². The minimum atomic E-state index is -1.02. The van der Waals surface area contributed by atoms with Crippen LogP contribution in [-0.4, -0.2) is 22.8 Å². The van der Waals surface area contributed by atoms with Gasteiger partial charge >= 0.3 is 0 Å². The van der Waals surface area contributed by atoms with Crippen molar-refractivity contribution < 1.29 is 9.50 Å². The summed E-state index contributed by atoms with van der Waals surface area (Å²) in [6.45, 7) is -0.775. The van der Waals surface area contributed by atoms with Gasteiger partial charge in [0, 0.05) is 11.8 Å². The Kier molecular flexibility index (Phi) is 4.41. The number of nitriles is 1. The molecular weight excluding hydrogens is 257 g/mol. The average molecular weight is 271 g/mol. The highest BCUT2D eigenvalue weighted by molar-refractivity contribution is 5.63. The number of nitrogens with two attached hydrogens (primary N) is 1. The number of aromatic nitrogens is 1. The Bertz CT molecular complexity index is 605. The van der Waals surface area contributed by atoms with Gasteiger partial charge in [-0.1, -0.05) is 24.3 Å². The summed E-state index contributed by atoms with van der Waals surface area (Å²) in [7, 11) is 0. The van der Waals surface area contributed by atoms with Crippen LogP contribution >= 0.6 is 0 Å². The van der Waals surface area contributed by atoms with Gasteiger partial charge in [0.1, 0.15) is 18.4 Å². The van der Waals surface area contributed by atoms with Crippen molar-refractivity contribution in [3.8, 4) is 17.2 Å². The van der Waals surface area contributed by atoms with Crippen LogP contribution in [0.3, 0.4) is 0 Å². The molecular formula is C15H14FN3O. The van der Waals surface area contributed by atoms with Crippen LogP contribution in [0.15, 0.2) is 42.6 Å². The molecule has 2 aromatic rings. The monoisotopic (exact) mass is 271 g/mol. The maximum absolute atomic E-state index is 12.4. The number of alkyl halides is 1. The lowest BCUT2D eigenvalue weighted by atomic mass is 10.00. The standard InChI is InChI=1S/C15H14FN3O/c16-7-14(18)15(20)11-3-1-10(2-4-11)12-5-6-13(8-17)19-9-12/h1-6,9,14-15,20H,7,18H2. The van der Waals surface area contributed by atoms with E-state index in [9.17, 15) is 9.50 Å². The van der Waals surface area contributed by atoms with Crippen LogP contribution in [0.4, 0.5) is 4.39 Å². The number of benzene rings is 1. The lowest BCUT2D eigenvalue weighted by molar-refractivity contribution is 0.132. The van der Waals surface area contributed by atoms with E-state index in [-0.39, 0.29) is 0 Å². The van der Waals surface area contributed by atoms with E-state index in [1.165, 1.54) is 0 Å². The van der Waals surface area contributed by atoms with Crippen LogP contribution in [0.2, 0.25) is 0 Å². The van der Waals surface area contributed by atoms with Gasteiger partial charge in [-0.25, -0.2) is 9.37 Å². The minimum Gasteiger partial charge on any atom is -0.387 e. The summed E-state index contributed by atoms with van der Waals surface area (Å²) >= 11 is 0. The van der Waals surface area contributed by atoms with E-state index >= 15 is 0 Å². The summed E-state index contributed by atoms with van der Waals surface area (Å²) < 4.78 is 12.4. The number of hydrogen-bond donors (Lipinski definition) is 2. The fourth-order valence-electron chi connectivity index (χ4n) is 1.84. The number of hydrogen-bond acceptors (Lipinski definition) is 4. The molecule has 1 aromatic carbocycles. The molecule has 0 saturated carbocycles. The molecule has 102 valence electrons. The summed E-state index contributed by atoms with van der Waals surface area (Å²) in [6.07, 6.45) is 0.588. The summed E-state index contributed by atoms with van der Waals surface area (Å²) in [5.74, 6) is 0. The Balaban J connectivity index is 2.21. The largest absolute Gasteiger partial charge is 0.387 e. The Morgan fingerprint density at radius 3 is 2.35 bits per heavy atom. The molecule has 0 aliphatic heterocycles. The summed E-state index contributed by atoms with van der Waals surface area (Å²) in [5.41, 5.74) is 8.15. The zero-order valence-corrected chi connectivity index (χ0v) is 10.7. The highest BCUT2D eigenvalue weighted by Gasteiger charge is 2.16. The van der Waals surface area contributed by atoms with Crippen molar-refractivity contribution >= 4 is 0 Å². The molecule has 5 heteroatoms. The number of pyridine rings is 1. The molecule has 2 unspecified atom stereocenters. The van der Waals surface area contributed by atoms with Gasteiger partial charge in [0.25, 0.3) is 0 Å². The van der Waals surface area contributed by atoms with Gasteiger partial charge in [0.2, 0.25) is 0 Å². The molecule has 20 heavy (non-hydrogen) atoms. The predicted molar refractivity (Wildman–Crippen MR) is 73.3 cm³/mol. The third kappa shape index (κ3) is 2.99. The molecule has 3 N–H and O–H groups in total. The highest BCUT2D eigenvalue weighted by atomic mass is 19.1. The molecule has 0 radical (unpaired) electrons. The molecule has 0 saturated heterocycles. The predicted octanol–water partition coefficient (Wildman–Crippen LogP) is 1.95. The van der Waals surface area contributed by atoms with Gasteiger partial charge < -0.3 is 10.8 Å². The van der Waals surface area contributed by atoms with Crippen molar-refractivity contribution in [1.82, 2.24) is 4.98 Å². The number of aliphatic hydroxyl groups is 1. The number of aliphatic hydroxyl groups excluding tert-OH is 1. The van der Waals surface area contributed by atoms with Crippen LogP contribution in [0.5, 0.6) is 0 Å². The van der Waals surface area contributed by atoms with Crippen molar-refractivity contribution in [3.05, 3.63) is 53.9 Å². The van der Waals surface area contributed by atoms with Gasteiger partial charge in [-0.15, -0.1) is 0 Å². The molecule has 1 aromatic heterocycles. The van der Waals surface area contributed by atoms with E-state index in [1.54, 1.807) is 42.6 Å². The van der Waals surface area contributed by atoms with E-state index in [1.807, 2.05) is 6.07 Å². The molecule has 2 rings (SSSR count). The van der Waals surface area contributed by atoms with Crippen LogP contribution in [-0.2, 0) is 0 Å². The normalized spacial score (nSPS) is 13.5. The number of rotatable bonds is 4. The lowest BCUT2D eigenvalue weighted by Gasteiger charge is -2.16. The van der Waals surface area contributed by atoms with Crippen molar-refractivity contribution in [2.75, 3.05) is 6.67 Å². The van der Waals surface area contributed by atoms with Gasteiger partial charge in [-0.3, -0.25) is 0 Å². The van der Waals surface area contributed by atoms with Crippen molar-refractivity contribution in [3.63, 3.8) is 0 Å². The second kappa shape index (κ2) is 6.24. The third-order valence-corrected chi connectivity index (χ3v) is 3.05. The van der Waals surface area contributed by atoms with Crippen molar-refractivity contribution in [2.45, 2.75) is 12.1 Å². The lowest BCUT2D eigenvalue weighted by Crippen LogP contribution is -2.30. The zero-order valence-electron chi connectivity index (χ0n) is 10.7. The first-order valence-electron chi connectivity index (χ1n) is 6.12. The Labute approximate surface area is 116 Å². The number of halogens is 1. The first-order chi connectivity index (χ1) is 9.65. The summed E-state index contributed by atoms with van der Waals surface area (Å²) in [5, 5.41) is 18.5. The highest BCUT2D eigenvalue weighted by Crippen LogP contribution is 2.22. The second-order valence-electron chi connectivity index (χ2n) is 4.43.